The molecule has 0 radical (unpaired) electrons. The van der Waals surface area contributed by atoms with Crippen molar-refractivity contribution >= 4 is 16.9 Å². The number of benzene rings is 2. The van der Waals surface area contributed by atoms with Gasteiger partial charge in [-0.15, -0.1) is 0 Å². The number of hydrogen-bond donors (Lipinski definition) is 0. The maximum absolute atomic E-state index is 12.6. The van der Waals surface area contributed by atoms with Crippen molar-refractivity contribution in [3.63, 3.8) is 0 Å². The summed E-state index contributed by atoms with van der Waals surface area (Å²) in [4.78, 5) is 12.6. The number of hydrogen-bond acceptors (Lipinski definition) is 6. The second kappa shape index (κ2) is 9.38. The molecule has 0 N–H and O–H groups in total. The zero-order chi connectivity index (χ0) is 20.8. The summed E-state index contributed by atoms with van der Waals surface area (Å²) in [6.07, 6.45) is 0. The fourth-order valence-corrected chi connectivity index (χ4v) is 2.82. The molecule has 0 amide bonds. The van der Waals surface area contributed by atoms with Crippen molar-refractivity contribution in [2.24, 2.45) is 0 Å². The Balaban J connectivity index is 1.77. The highest BCUT2D eigenvalue weighted by molar-refractivity contribution is 5.96. The van der Waals surface area contributed by atoms with Crippen LogP contribution in [0.2, 0.25) is 0 Å². The van der Waals surface area contributed by atoms with Crippen molar-refractivity contribution in [2.75, 3.05) is 13.7 Å². The average molecular weight is 406 g/mol. The molecule has 8 heteroatoms. The second-order valence-electron chi connectivity index (χ2n) is 5.98. The molecule has 0 fully saturated rings. The largest absolute Gasteiger partial charge is 0.493 e. The lowest BCUT2D eigenvalue weighted by Gasteiger charge is -2.11. The van der Waals surface area contributed by atoms with E-state index in [0.29, 0.717) is 23.3 Å². The number of carbonyl (C=O) groups excluding carboxylic acids is 1. The third-order valence-electron chi connectivity index (χ3n) is 4.15. The summed E-state index contributed by atoms with van der Waals surface area (Å²) >= 11 is 0. The third kappa shape index (κ3) is 4.83. The van der Waals surface area contributed by atoms with Crippen molar-refractivity contribution in [1.82, 2.24) is 0 Å². The summed E-state index contributed by atoms with van der Waals surface area (Å²) in [6, 6.07) is 11.6. The van der Waals surface area contributed by atoms with Crippen LogP contribution in [-0.2, 0) is 22.7 Å². The molecule has 6 nitrogen and oxygen atoms in total. The zero-order valence-corrected chi connectivity index (χ0v) is 15.9. The number of para-hydroxylation sites is 1. The minimum absolute atomic E-state index is 0.0734. The molecular formula is C21H20F2O6. The van der Waals surface area contributed by atoms with Gasteiger partial charge in [-0.05, 0) is 30.7 Å². The Morgan fingerprint density at radius 1 is 1.10 bits per heavy atom. The van der Waals surface area contributed by atoms with E-state index in [1.165, 1.54) is 25.3 Å². The Morgan fingerprint density at radius 3 is 2.62 bits per heavy atom. The molecule has 0 bridgehead atoms. The summed E-state index contributed by atoms with van der Waals surface area (Å²) < 4.78 is 50.8. The van der Waals surface area contributed by atoms with Crippen LogP contribution in [0, 0.1) is 0 Å². The number of methoxy groups -OCH3 is 1. The Labute approximate surface area is 165 Å². The van der Waals surface area contributed by atoms with Gasteiger partial charge in [0.1, 0.15) is 12.2 Å². The van der Waals surface area contributed by atoms with E-state index < -0.39 is 12.6 Å². The van der Waals surface area contributed by atoms with E-state index in [1.807, 2.05) is 19.1 Å². The molecule has 0 aliphatic heterocycles. The number of halogens is 2. The van der Waals surface area contributed by atoms with Crippen molar-refractivity contribution in [1.29, 1.82) is 0 Å². The van der Waals surface area contributed by atoms with Crippen LogP contribution in [0.15, 0.2) is 46.9 Å². The Bertz CT molecular complexity index is 982. The summed E-state index contributed by atoms with van der Waals surface area (Å²) in [6.45, 7) is -0.513. The van der Waals surface area contributed by atoms with Crippen LogP contribution in [0.4, 0.5) is 8.78 Å². The minimum Gasteiger partial charge on any atom is -0.493 e. The maximum atomic E-state index is 12.6. The number of fused-ring (bicyclic) bond motifs is 1. The quantitative estimate of drug-likeness (QED) is 0.469. The van der Waals surface area contributed by atoms with Gasteiger partial charge in [0.25, 0.3) is 0 Å². The molecule has 3 aromatic rings. The van der Waals surface area contributed by atoms with Gasteiger partial charge in [-0.1, -0.05) is 24.3 Å². The van der Waals surface area contributed by atoms with Gasteiger partial charge in [-0.3, -0.25) is 0 Å². The molecule has 0 aliphatic carbocycles. The zero-order valence-electron chi connectivity index (χ0n) is 15.9. The first-order valence-electron chi connectivity index (χ1n) is 8.90. The predicted molar refractivity (Wildman–Crippen MR) is 100 cm³/mol. The lowest BCUT2D eigenvalue weighted by molar-refractivity contribution is -0.0512. The van der Waals surface area contributed by atoms with Gasteiger partial charge < -0.3 is 23.4 Å². The van der Waals surface area contributed by atoms with Gasteiger partial charge in [0.15, 0.2) is 11.5 Å². The molecule has 3 rings (SSSR count). The molecule has 154 valence electrons. The molecule has 29 heavy (non-hydrogen) atoms. The topological polar surface area (TPSA) is 67.1 Å². The van der Waals surface area contributed by atoms with Gasteiger partial charge in [0.05, 0.1) is 13.7 Å². The van der Waals surface area contributed by atoms with Gasteiger partial charge in [0.2, 0.25) is 5.76 Å². The molecule has 0 saturated heterocycles. The molecule has 2 aromatic carbocycles. The first-order chi connectivity index (χ1) is 14.0. The van der Waals surface area contributed by atoms with Crippen LogP contribution >= 0.6 is 0 Å². The van der Waals surface area contributed by atoms with Gasteiger partial charge in [-0.25, -0.2) is 4.79 Å². The Morgan fingerprint density at radius 2 is 1.90 bits per heavy atom. The third-order valence-corrected chi connectivity index (χ3v) is 4.15. The van der Waals surface area contributed by atoms with Crippen LogP contribution in [0.3, 0.4) is 0 Å². The Kier molecular flexibility index (Phi) is 6.66. The fraction of sp³-hybridized carbons (Fsp3) is 0.286. The minimum atomic E-state index is -2.97. The maximum Gasteiger partial charge on any atom is 0.387 e. The molecule has 1 heterocycles. The number of alkyl halides is 2. The van der Waals surface area contributed by atoms with E-state index in [2.05, 4.69) is 4.74 Å². The fourth-order valence-electron chi connectivity index (χ4n) is 2.82. The molecule has 1 aromatic heterocycles. The number of esters is 1. The van der Waals surface area contributed by atoms with Gasteiger partial charge >= 0.3 is 12.6 Å². The van der Waals surface area contributed by atoms with Crippen molar-refractivity contribution in [2.45, 2.75) is 26.7 Å². The monoisotopic (exact) mass is 406 g/mol. The number of ether oxygens (including phenoxy) is 4. The van der Waals surface area contributed by atoms with E-state index in [-0.39, 0.29) is 30.5 Å². The van der Waals surface area contributed by atoms with Crippen LogP contribution in [0.5, 0.6) is 11.5 Å². The summed E-state index contributed by atoms with van der Waals surface area (Å²) in [5.74, 6) is -0.569. The summed E-state index contributed by atoms with van der Waals surface area (Å²) in [5.41, 5.74) is 1.72. The number of rotatable bonds is 9. The molecule has 0 spiro atoms. The summed E-state index contributed by atoms with van der Waals surface area (Å²) in [7, 11) is 1.33. The van der Waals surface area contributed by atoms with Gasteiger partial charge in [-0.2, -0.15) is 8.78 Å². The van der Waals surface area contributed by atoms with E-state index in [0.717, 1.165) is 5.39 Å². The highest BCUT2D eigenvalue weighted by Gasteiger charge is 2.22. The SMILES string of the molecule is CCOCc1c(C(=O)OCc2ccc(OC(F)F)c(OC)c2)oc2ccccc12. The van der Waals surface area contributed by atoms with Crippen LogP contribution in [0.25, 0.3) is 11.0 Å². The molecule has 0 unspecified atom stereocenters. The van der Waals surface area contributed by atoms with E-state index >= 15 is 0 Å². The van der Waals surface area contributed by atoms with Crippen molar-refractivity contribution < 1.29 is 36.9 Å². The Hall–Kier alpha value is -3.13. The van der Waals surface area contributed by atoms with Crippen molar-refractivity contribution in [3.05, 3.63) is 59.4 Å². The smallest absolute Gasteiger partial charge is 0.387 e. The van der Waals surface area contributed by atoms with Crippen molar-refractivity contribution in [3.8, 4) is 11.5 Å². The van der Waals surface area contributed by atoms with Gasteiger partial charge in [0, 0.05) is 17.6 Å². The molecular weight excluding hydrogens is 386 g/mol. The van der Waals surface area contributed by atoms with Crippen LogP contribution < -0.4 is 9.47 Å². The normalized spacial score (nSPS) is 11.1. The van der Waals surface area contributed by atoms with E-state index in [4.69, 9.17) is 18.6 Å². The standard InChI is InChI=1S/C21H20F2O6/c1-3-26-12-15-14-6-4-5-7-16(14)28-19(15)20(24)27-11-13-8-9-17(29-21(22)23)18(10-13)25-2/h4-10,21H,3,11-12H2,1-2H3. The van der Waals surface area contributed by atoms with E-state index in [1.54, 1.807) is 12.1 Å². The number of carbonyl (C=O) groups is 1. The molecule has 0 saturated carbocycles. The molecule has 0 aliphatic rings. The highest BCUT2D eigenvalue weighted by atomic mass is 19.3. The second-order valence-corrected chi connectivity index (χ2v) is 5.98. The predicted octanol–water partition coefficient (Wildman–Crippen LogP) is 4.94. The van der Waals surface area contributed by atoms with Crippen LogP contribution in [-0.4, -0.2) is 26.3 Å². The average Bonchev–Trinajstić information content (AvgIpc) is 3.09. The first kappa shape index (κ1) is 20.6. The lowest BCUT2D eigenvalue weighted by atomic mass is 10.1. The number of furan rings is 1. The first-order valence-corrected chi connectivity index (χ1v) is 8.90. The van der Waals surface area contributed by atoms with Crippen LogP contribution in [0.1, 0.15) is 28.6 Å². The lowest BCUT2D eigenvalue weighted by Crippen LogP contribution is -2.08. The van der Waals surface area contributed by atoms with E-state index in [9.17, 15) is 13.6 Å². The highest BCUT2D eigenvalue weighted by Crippen LogP contribution is 2.30. The molecule has 0 atom stereocenters. The summed E-state index contributed by atoms with van der Waals surface area (Å²) in [5, 5.41) is 0.781.